The molecule has 2 aliphatic heterocycles. The summed E-state index contributed by atoms with van der Waals surface area (Å²) in [7, 11) is 1.67. The molecule has 3 heterocycles. The molecule has 3 aromatic rings. The molecular weight excluding hydrogens is 516 g/mol. The number of hydrogen-bond acceptors (Lipinski definition) is 6. The van der Waals surface area contributed by atoms with Crippen molar-refractivity contribution in [2.24, 2.45) is 11.8 Å². The SMILES string of the molecule is COc1cccc(CN2CC(=O)N3CC[C@@H](CC(=O)NCc4ccccn4)[C@@H](CCCOc4ccccc4C2)C3)c1. The number of carbonyl (C=O) groups is 2. The maximum absolute atomic E-state index is 13.7. The number of nitrogens with zero attached hydrogens (tertiary/aromatic N) is 3. The molecule has 1 aromatic heterocycles. The van der Waals surface area contributed by atoms with Crippen LogP contribution in [0.5, 0.6) is 11.5 Å². The van der Waals surface area contributed by atoms with Crippen molar-refractivity contribution in [3.05, 3.63) is 89.7 Å². The second-order valence-corrected chi connectivity index (χ2v) is 11.0. The van der Waals surface area contributed by atoms with E-state index in [1.807, 2.05) is 59.5 Å². The fourth-order valence-electron chi connectivity index (χ4n) is 5.94. The van der Waals surface area contributed by atoms with E-state index in [4.69, 9.17) is 9.47 Å². The third-order valence-electron chi connectivity index (χ3n) is 8.13. The van der Waals surface area contributed by atoms with Crippen LogP contribution >= 0.6 is 0 Å². The van der Waals surface area contributed by atoms with Gasteiger partial charge in [0.15, 0.2) is 0 Å². The van der Waals surface area contributed by atoms with E-state index in [9.17, 15) is 9.59 Å². The van der Waals surface area contributed by atoms with Crippen molar-refractivity contribution in [2.45, 2.75) is 45.3 Å². The van der Waals surface area contributed by atoms with Gasteiger partial charge in [0.1, 0.15) is 11.5 Å². The van der Waals surface area contributed by atoms with Crippen LogP contribution in [0.25, 0.3) is 0 Å². The van der Waals surface area contributed by atoms with Crippen molar-refractivity contribution in [1.29, 1.82) is 0 Å². The van der Waals surface area contributed by atoms with Gasteiger partial charge in [-0.1, -0.05) is 36.4 Å². The van der Waals surface area contributed by atoms with Crippen LogP contribution in [0.15, 0.2) is 72.9 Å². The molecule has 0 unspecified atom stereocenters. The fraction of sp³-hybridized carbons (Fsp3) is 0.424. The van der Waals surface area contributed by atoms with E-state index in [-0.39, 0.29) is 23.7 Å². The van der Waals surface area contributed by atoms with Crippen molar-refractivity contribution in [2.75, 3.05) is 33.4 Å². The van der Waals surface area contributed by atoms with Gasteiger partial charge in [0.05, 0.1) is 32.5 Å². The van der Waals surface area contributed by atoms with Crippen LogP contribution in [0, 0.1) is 11.8 Å². The van der Waals surface area contributed by atoms with Gasteiger partial charge < -0.3 is 19.7 Å². The molecule has 2 amide bonds. The molecule has 0 spiro atoms. The van der Waals surface area contributed by atoms with Gasteiger partial charge in [0.2, 0.25) is 11.8 Å². The molecule has 41 heavy (non-hydrogen) atoms. The molecule has 2 atom stereocenters. The Bertz CT molecular complexity index is 1300. The summed E-state index contributed by atoms with van der Waals surface area (Å²) in [5.41, 5.74) is 3.01. The first-order valence-corrected chi connectivity index (χ1v) is 14.6. The molecule has 2 aromatic carbocycles. The maximum Gasteiger partial charge on any atom is 0.236 e. The van der Waals surface area contributed by atoms with Gasteiger partial charge in [-0.05, 0) is 67.0 Å². The number of aromatic nitrogens is 1. The molecule has 0 saturated carbocycles. The predicted molar refractivity (Wildman–Crippen MR) is 157 cm³/mol. The standard InChI is InChI=1S/C33H40N4O4/c1-40-30-12-6-8-25(18-30)21-36-22-28-9-2-3-13-31(28)41-17-7-10-27-23-37(33(39)24-36)16-14-26(27)19-32(38)35-20-29-11-4-5-15-34-29/h2-6,8-9,11-13,15,18,26-27H,7,10,14,16-17,19-24H2,1H3,(H,35,38)/t26-,27-/m0/s1. The Balaban J connectivity index is 1.29. The van der Waals surface area contributed by atoms with Gasteiger partial charge in [-0.3, -0.25) is 19.5 Å². The first-order valence-electron chi connectivity index (χ1n) is 14.6. The average Bonchev–Trinajstić information content (AvgIpc) is 3.00. The minimum absolute atomic E-state index is 0.0398. The van der Waals surface area contributed by atoms with Crippen molar-refractivity contribution in [1.82, 2.24) is 20.1 Å². The number of piperidine rings is 1. The highest BCUT2D eigenvalue weighted by molar-refractivity contribution is 5.79. The number of hydrogen-bond donors (Lipinski definition) is 1. The van der Waals surface area contributed by atoms with Crippen LogP contribution < -0.4 is 14.8 Å². The maximum atomic E-state index is 13.7. The number of para-hydroxylation sites is 1. The molecule has 1 saturated heterocycles. The number of amides is 2. The summed E-state index contributed by atoms with van der Waals surface area (Å²) in [6.45, 7) is 3.93. The van der Waals surface area contributed by atoms with Gasteiger partial charge in [-0.25, -0.2) is 0 Å². The van der Waals surface area contributed by atoms with E-state index in [1.54, 1.807) is 13.3 Å². The summed E-state index contributed by atoms with van der Waals surface area (Å²) >= 11 is 0. The van der Waals surface area contributed by atoms with Crippen LogP contribution in [0.4, 0.5) is 0 Å². The third kappa shape index (κ3) is 8.07. The highest BCUT2D eigenvalue weighted by Gasteiger charge is 2.33. The van der Waals surface area contributed by atoms with Crippen molar-refractivity contribution < 1.29 is 19.1 Å². The molecule has 8 heteroatoms. The normalized spacial score (nSPS) is 20.0. The van der Waals surface area contributed by atoms with E-state index >= 15 is 0 Å². The number of rotatable bonds is 7. The minimum Gasteiger partial charge on any atom is -0.497 e. The summed E-state index contributed by atoms with van der Waals surface area (Å²) < 4.78 is 11.7. The number of pyridine rings is 1. The quantitative estimate of drug-likeness (QED) is 0.464. The van der Waals surface area contributed by atoms with Gasteiger partial charge in [-0.2, -0.15) is 0 Å². The number of nitrogens with one attached hydrogen (secondary N) is 1. The van der Waals surface area contributed by atoms with Crippen LogP contribution in [-0.2, 0) is 29.2 Å². The molecular formula is C33H40N4O4. The Morgan fingerprint density at radius 2 is 1.95 bits per heavy atom. The van der Waals surface area contributed by atoms with Crippen LogP contribution in [-0.4, -0.2) is 59.9 Å². The van der Waals surface area contributed by atoms with Crippen molar-refractivity contribution in [3.63, 3.8) is 0 Å². The smallest absolute Gasteiger partial charge is 0.236 e. The second kappa shape index (κ2) is 14.1. The lowest BCUT2D eigenvalue weighted by molar-refractivity contribution is -0.135. The fourth-order valence-corrected chi connectivity index (χ4v) is 5.94. The van der Waals surface area contributed by atoms with Gasteiger partial charge in [0.25, 0.3) is 0 Å². The molecule has 216 valence electrons. The molecule has 2 aliphatic rings. The topological polar surface area (TPSA) is 84.0 Å². The number of benzene rings is 2. The third-order valence-corrected chi connectivity index (χ3v) is 8.13. The number of fused-ring (bicyclic) bond motifs is 3. The largest absolute Gasteiger partial charge is 0.497 e. The van der Waals surface area contributed by atoms with Crippen LogP contribution in [0.2, 0.25) is 0 Å². The molecule has 2 bridgehead atoms. The Kier molecular flexibility index (Phi) is 9.86. The zero-order valence-electron chi connectivity index (χ0n) is 23.8. The van der Waals surface area contributed by atoms with E-state index in [0.29, 0.717) is 52.3 Å². The summed E-state index contributed by atoms with van der Waals surface area (Å²) in [5.74, 6) is 2.32. The highest BCUT2D eigenvalue weighted by Crippen LogP contribution is 2.31. The van der Waals surface area contributed by atoms with E-state index in [1.165, 1.54) is 0 Å². The zero-order chi connectivity index (χ0) is 28.4. The summed E-state index contributed by atoms with van der Waals surface area (Å²) in [5, 5.41) is 3.03. The van der Waals surface area contributed by atoms with E-state index in [2.05, 4.69) is 27.3 Å². The molecule has 5 rings (SSSR count). The first kappa shape index (κ1) is 28.6. The molecule has 0 aliphatic carbocycles. The molecule has 0 radical (unpaired) electrons. The van der Waals surface area contributed by atoms with Crippen LogP contribution in [0.3, 0.4) is 0 Å². The van der Waals surface area contributed by atoms with Gasteiger partial charge in [0, 0.05) is 44.4 Å². The lowest BCUT2D eigenvalue weighted by Crippen LogP contribution is -2.48. The summed E-state index contributed by atoms with van der Waals surface area (Å²) in [6, 6.07) is 21.8. The van der Waals surface area contributed by atoms with Crippen molar-refractivity contribution >= 4 is 11.8 Å². The van der Waals surface area contributed by atoms with Crippen molar-refractivity contribution in [3.8, 4) is 11.5 Å². The first-order chi connectivity index (χ1) is 20.1. The lowest BCUT2D eigenvalue weighted by Gasteiger charge is -2.39. The van der Waals surface area contributed by atoms with E-state index in [0.717, 1.165) is 47.6 Å². The molecule has 8 nitrogen and oxygen atoms in total. The Morgan fingerprint density at radius 3 is 2.80 bits per heavy atom. The monoisotopic (exact) mass is 556 g/mol. The van der Waals surface area contributed by atoms with Gasteiger partial charge in [-0.15, -0.1) is 0 Å². The van der Waals surface area contributed by atoms with E-state index < -0.39 is 0 Å². The second-order valence-electron chi connectivity index (χ2n) is 11.0. The summed E-state index contributed by atoms with van der Waals surface area (Å²) in [6.07, 6.45) is 4.81. The Hall–Kier alpha value is -3.91. The lowest BCUT2D eigenvalue weighted by atomic mass is 9.80. The number of methoxy groups -OCH3 is 1. The minimum atomic E-state index is 0.0398. The predicted octanol–water partition coefficient (Wildman–Crippen LogP) is 4.44. The molecule has 1 fully saturated rings. The average molecular weight is 557 g/mol. The van der Waals surface area contributed by atoms with Gasteiger partial charge >= 0.3 is 0 Å². The zero-order valence-corrected chi connectivity index (χ0v) is 23.8. The van der Waals surface area contributed by atoms with Crippen LogP contribution in [0.1, 0.15) is 42.5 Å². The highest BCUT2D eigenvalue weighted by atomic mass is 16.5. The number of carbonyl (C=O) groups excluding carboxylic acids is 2. The molecule has 1 N–H and O–H groups in total. The number of ether oxygens (including phenoxy) is 2. The Labute approximate surface area is 242 Å². The summed E-state index contributed by atoms with van der Waals surface area (Å²) in [4.78, 5) is 35.1. The Morgan fingerprint density at radius 1 is 1.07 bits per heavy atom.